The zero-order valence-electron chi connectivity index (χ0n) is 3.67. The van der Waals surface area contributed by atoms with E-state index < -0.39 is 8.60 Å². The Morgan fingerprint density at radius 3 is 0.833 bits per heavy atom. The Labute approximate surface area is 81.3 Å². The molecular weight excluding hydrogens is 125 g/mol. The van der Waals surface area contributed by atoms with Crippen LogP contribution in [0.25, 0.3) is 0 Å². The van der Waals surface area contributed by atoms with Gasteiger partial charge in [0.25, 0.3) is 0 Å². The second kappa shape index (κ2) is 10.3. The monoisotopic (exact) mass is 125 g/mol. The summed E-state index contributed by atoms with van der Waals surface area (Å²) < 4.78 is 0. The molecule has 0 atom stereocenters. The van der Waals surface area contributed by atoms with E-state index in [1.807, 2.05) is 0 Å². The maximum Gasteiger partial charge on any atom is 1.00 e. The minimum atomic E-state index is -3.37. The fourth-order valence-corrected chi connectivity index (χ4v) is 0. The molecule has 0 aliphatic heterocycles. The van der Waals surface area contributed by atoms with Crippen LogP contribution >= 0.6 is 8.60 Å². The van der Waals surface area contributed by atoms with Gasteiger partial charge < -0.3 is 23.3 Å². The van der Waals surface area contributed by atoms with Crippen LogP contribution in [0.3, 0.4) is 0 Å². The smallest absolute Gasteiger partial charge is 0.854 e. The van der Waals surface area contributed by atoms with Crippen molar-refractivity contribution in [2.24, 2.45) is 0 Å². The molecule has 0 radical (unpaired) electrons. The summed E-state index contributed by atoms with van der Waals surface area (Å²) in [6.07, 6.45) is 0. The molecular formula is Na2O3P-. The third-order valence-electron chi connectivity index (χ3n) is 0. The van der Waals surface area contributed by atoms with Gasteiger partial charge in [-0.05, 0) is 0 Å². The maximum atomic E-state index is 8.48. The Hall–Kier alpha value is 2.31. The van der Waals surface area contributed by atoms with Gasteiger partial charge in [0.2, 0.25) is 0 Å². The van der Waals surface area contributed by atoms with Crippen molar-refractivity contribution in [1.82, 2.24) is 0 Å². The summed E-state index contributed by atoms with van der Waals surface area (Å²) in [5.41, 5.74) is 0. The Kier molecular flexibility index (Phi) is 27.1. The summed E-state index contributed by atoms with van der Waals surface area (Å²) in [7, 11) is -3.37. The fraction of sp³-hybridized carbons (Fsp3) is 0. The number of hydrogen-bond acceptors (Lipinski definition) is 3. The Bertz CT molecular complexity index is 13.5. The van der Waals surface area contributed by atoms with Crippen LogP contribution in [-0.2, 0) is 0 Å². The van der Waals surface area contributed by atoms with Gasteiger partial charge in [-0.15, -0.1) is 0 Å². The first kappa shape index (κ1) is 15.7. The van der Waals surface area contributed by atoms with Gasteiger partial charge in [-0.2, -0.15) is 0 Å². The van der Waals surface area contributed by atoms with E-state index in [0.29, 0.717) is 0 Å². The summed E-state index contributed by atoms with van der Waals surface area (Å²) in [6.45, 7) is 0. The first-order chi connectivity index (χ1) is 1.73. The molecule has 6 heteroatoms. The zero-order valence-corrected chi connectivity index (χ0v) is 8.57. The van der Waals surface area contributed by atoms with E-state index in [9.17, 15) is 0 Å². The molecule has 0 unspecified atom stereocenters. The quantitative estimate of drug-likeness (QED) is 0.238. The van der Waals surface area contributed by atoms with E-state index >= 15 is 0 Å². The van der Waals surface area contributed by atoms with Gasteiger partial charge in [-0.25, -0.2) is 0 Å². The molecule has 3 nitrogen and oxygen atoms in total. The molecule has 0 bridgehead atoms. The van der Waals surface area contributed by atoms with Crippen molar-refractivity contribution >= 4 is 8.60 Å². The van der Waals surface area contributed by atoms with E-state index in [1.54, 1.807) is 0 Å². The molecule has 0 saturated carbocycles. The van der Waals surface area contributed by atoms with Gasteiger partial charge in [0.1, 0.15) is 0 Å². The van der Waals surface area contributed by atoms with Gasteiger partial charge in [-0.1, -0.05) is 0 Å². The third-order valence-corrected chi connectivity index (χ3v) is 0. The Balaban J connectivity index is -0.0000000450. The first-order valence-electron chi connectivity index (χ1n) is 0.548. The van der Waals surface area contributed by atoms with Crippen molar-refractivity contribution < 1.29 is 73.8 Å². The van der Waals surface area contributed by atoms with Crippen molar-refractivity contribution in [1.29, 1.82) is 0 Å². The molecule has 0 aromatic heterocycles. The van der Waals surface area contributed by atoms with Crippen molar-refractivity contribution in [3.05, 3.63) is 0 Å². The predicted octanol–water partition coefficient (Wildman–Crippen LogP) is -8.70. The summed E-state index contributed by atoms with van der Waals surface area (Å²) in [5.74, 6) is 0. The van der Waals surface area contributed by atoms with Crippen LogP contribution in [0.15, 0.2) is 0 Å². The Morgan fingerprint density at radius 1 is 0.833 bits per heavy atom. The molecule has 0 rings (SSSR count). The predicted molar refractivity (Wildman–Crippen MR) is 6.92 cm³/mol. The standard InChI is InChI=1S/2Na.O3P/c;;1-4(2)3/q2*+1;-3. The molecule has 0 saturated heterocycles. The zero-order chi connectivity index (χ0) is 3.58. The second-order valence-corrected chi connectivity index (χ2v) is 0.671. The van der Waals surface area contributed by atoms with Crippen LogP contribution < -0.4 is 73.8 Å². The SMILES string of the molecule is [Na+].[Na+].[O-]P([O-])[O-]. The molecule has 0 heterocycles. The van der Waals surface area contributed by atoms with Gasteiger partial charge in [0.05, 0.1) is 0 Å². The Morgan fingerprint density at radius 2 is 0.833 bits per heavy atom. The molecule has 0 aromatic rings. The first-order valence-corrected chi connectivity index (χ1v) is 1.64. The van der Waals surface area contributed by atoms with Gasteiger partial charge >= 0.3 is 59.1 Å². The minimum Gasteiger partial charge on any atom is -0.854 e. The van der Waals surface area contributed by atoms with Crippen LogP contribution in [0.4, 0.5) is 0 Å². The molecule has 0 fully saturated rings. The van der Waals surface area contributed by atoms with E-state index in [4.69, 9.17) is 14.7 Å². The second-order valence-electron chi connectivity index (χ2n) is 0.224. The largest absolute Gasteiger partial charge is 1.00 e. The fourth-order valence-electron chi connectivity index (χ4n) is 0. The van der Waals surface area contributed by atoms with Crippen molar-refractivity contribution in [2.45, 2.75) is 0 Å². The molecule has 0 N–H and O–H groups in total. The third kappa shape index (κ3) is 33.3. The summed E-state index contributed by atoms with van der Waals surface area (Å²) >= 11 is 0. The average Bonchev–Trinajstić information content (AvgIpc) is 0.811. The van der Waals surface area contributed by atoms with Crippen molar-refractivity contribution in [2.75, 3.05) is 0 Å². The van der Waals surface area contributed by atoms with Crippen LogP contribution in [0, 0.1) is 0 Å². The number of hydrogen-bond donors (Lipinski definition) is 0. The van der Waals surface area contributed by atoms with Gasteiger partial charge in [-0.3, -0.25) is 0 Å². The maximum absolute atomic E-state index is 8.48. The molecule has 0 aromatic carbocycles. The minimum absolute atomic E-state index is 0. The van der Waals surface area contributed by atoms with E-state index in [1.165, 1.54) is 0 Å². The van der Waals surface area contributed by atoms with Crippen molar-refractivity contribution in [3.63, 3.8) is 0 Å². The van der Waals surface area contributed by atoms with Gasteiger partial charge in [0.15, 0.2) is 0 Å². The van der Waals surface area contributed by atoms with E-state index in [0.717, 1.165) is 0 Å². The summed E-state index contributed by atoms with van der Waals surface area (Å²) in [5, 5.41) is 0. The summed E-state index contributed by atoms with van der Waals surface area (Å²) in [6, 6.07) is 0. The van der Waals surface area contributed by atoms with Crippen LogP contribution in [-0.4, -0.2) is 0 Å². The molecule has 6 heavy (non-hydrogen) atoms. The normalized spacial score (nSPS) is 6.00. The average molecular weight is 125 g/mol. The molecule has 0 aliphatic rings. The van der Waals surface area contributed by atoms with Crippen LogP contribution in [0.2, 0.25) is 0 Å². The molecule has 0 amide bonds. The molecule has 26 valence electrons. The van der Waals surface area contributed by atoms with E-state index in [2.05, 4.69) is 0 Å². The molecule has 0 aliphatic carbocycles. The van der Waals surface area contributed by atoms with Gasteiger partial charge in [0, 0.05) is 0 Å². The van der Waals surface area contributed by atoms with E-state index in [-0.39, 0.29) is 59.1 Å². The summed E-state index contributed by atoms with van der Waals surface area (Å²) in [4.78, 5) is 25.4. The topological polar surface area (TPSA) is 69.2 Å². The van der Waals surface area contributed by atoms with Crippen LogP contribution in [0.5, 0.6) is 0 Å². The van der Waals surface area contributed by atoms with Crippen LogP contribution in [0.1, 0.15) is 0 Å². The number of rotatable bonds is 0. The molecule has 0 spiro atoms. The van der Waals surface area contributed by atoms with Crippen molar-refractivity contribution in [3.8, 4) is 0 Å².